The maximum atomic E-state index is 9.10. The van der Waals surface area contributed by atoms with Crippen molar-refractivity contribution in [2.45, 2.75) is 6.42 Å². The zero-order valence-corrected chi connectivity index (χ0v) is 17.4. The van der Waals surface area contributed by atoms with Crippen molar-refractivity contribution in [1.29, 1.82) is 0 Å². The van der Waals surface area contributed by atoms with Crippen molar-refractivity contribution in [2.75, 3.05) is 46.4 Å². The summed E-state index contributed by atoms with van der Waals surface area (Å²) in [6.07, 6.45) is 1.07. The third-order valence-corrected chi connectivity index (χ3v) is 5.30. The number of hydrogen-bond acceptors (Lipinski definition) is 5. The van der Waals surface area contributed by atoms with Crippen LogP contribution in [0.1, 0.15) is 6.42 Å². The topological polar surface area (TPSA) is 90.3 Å². The Labute approximate surface area is 172 Å². The summed E-state index contributed by atoms with van der Waals surface area (Å²) < 4.78 is 7.03. The van der Waals surface area contributed by atoms with Crippen LogP contribution >= 0.6 is 15.9 Å². The molecule has 0 aliphatic carbocycles. The van der Waals surface area contributed by atoms with Crippen molar-refractivity contribution in [3.63, 3.8) is 0 Å². The van der Waals surface area contributed by atoms with Gasteiger partial charge in [0, 0.05) is 32.7 Å². The van der Waals surface area contributed by atoms with E-state index in [2.05, 4.69) is 69.2 Å². The van der Waals surface area contributed by atoms with Crippen molar-refractivity contribution >= 4 is 38.6 Å². The first-order valence-electron chi connectivity index (χ1n) is 9.05. The fourth-order valence-electron chi connectivity index (χ4n) is 2.87. The molecule has 1 heterocycles. The SMILES string of the molecule is CN1CCN(CCCOc2ccc3ccccc3c2Br)CC1.O=C(O)C(=O)O. The largest absolute Gasteiger partial charge is 0.492 e. The highest BCUT2D eigenvalue weighted by Crippen LogP contribution is 2.33. The number of piperazine rings is 1. The first kappa shape index (κ1) is 22.1. The second-order valence-electron chi connectivity index (χ2n) is 6.56. The molecule has 8 heteroatoms. The smallest absolute Gasteiger partial charge is 0.414 e. The molecule has 1 fully saturated rings. The van der Waals surface area contributed by atoms with Crippen molar-refractivity contribution < 1.29 is 24.5 Å². The number of carboxylic acid groups (broad SMARTS) is 2. The summed E-state index contributed by atoms with van der Waals surface area (Å²) in [7, 11) is 2.19. The van der Waals surface area contributed by atoms with Gasteiger partial charge in [0.15, 0.2) is 0 Å². The normalized spacial score (nSPS) is 14.9. The predicted molar refractivity (Wildman–Crippen MR) is 111 cm³/mol. The van der Waals surface area contributed by atoms with Gasteiger partial charge in [0.05, 0.1) is 11.1 Å². The van der Waals surface area contributed by atoms with Crippen LogP contribution in [0, 0.1) is 0 Å². The number of nitrogens with zero attached hydrogens (tertiary/aromatic N) is 2. The predicted octanol–water partition coefficient (Wildman–Crippen LogP) is 2.77. The van der Waals surface area contributed by atoms with Crippen LogP contribution in [0.4, 0.5) is 0 Å². The number of carboxylic acids is 2. The highest BCUT2D eigenvalue weighted by molar-refractivity contribution is 9.10. The van der Waals surface area contributed by atoms with E-state index in [-0.39, 0.29) is 0 Å². The number of hydrogen-bond donors (Lipinski definition) is 2. The fraction of sp³-hybridized carbons (Fsp3) is 0.400. The van der Waals surface area contributed by atoms with Gasteiger partial charge < -0.3 is 24.7 Å². The molecule has 0 unspecified atom stereocenters. The Morgan fingerprint density at radius 2 is 1.68 bits per heavy atom. The van der Waals surface area contributed by atoms with Gasteiger partial charge in [0.25, 0.3) is 0 Å². The minimum absolute atomic E-state index is 0.767. The maximum absolute atomic E-state index is 9.10. The molecule has 0 atom stereocenters. The summed E-state index contributed by atoms with van der Waals surface area (Å²) in [6, 6.07) is 12.5. The molecule has 1 aliphatic heterocycles. The van der Waals surface area contributed by atoms with Crippen LogP contribution in [0.5, 0.6) is 5.75 Å². The van der Waals surface area contributed by atoms with Crippen LogP contribution < -0.4 is 4.74 Å². The first-order chi connectivity index (χ1) is 13.4. The molecule has 1 aliphatic rings. The summed E-state index contributed by atoms with van der Waals surface area (Å²) in [5, 5.41) is 17.2. The van der Waals surface area contributed by atoms with Crippen LogP contribution in [0.2, 0.25) is 0 Å². The lowest BCUT2D eigenvalue weighted by atomic mass is 10.1. The molecular formula is C20H25BrN2O5. The molecule has 152 valence electrons. The Hall–Kier alpha value is -2.16. The summed E-state index contributed by atoms with van der Waals surface area (Å²) in [5.41, 5.74) is 0. The Balaban J connectivity index is 0.000000409. The van der Waals surface area contributed by atoms with Gasteiger partial charge in [-0.15, -0.1) is 0 Å². The molecule has 2 aromatic carbocycles. The zero-order chi connectivity index (χ0) is 20.5. The van der Waals surface area contributed by atoms with Crippen molar-refractivity contribution in [3.8, 4) is 5.75 Å². The number of halogens is 1. The molecule has 0 spiro atoms. The van der Waals surface area contributed by atoms with E-state index >= 15 is 0 Å². The lowest BCUT2D eigenvalue weighted by Gasteiger charge is -2.32. The Kier molecular flexibility index (Phi) is 8.69. The van der Waals surface area contributed by atoms with Gasteiger partial charge in [0.1, 0.15) is 5.75 Å². The van der Waals surface area contributed by atoms with Gasteiger partial charge in [-0.1, -0.05) is 30.3 Å². The average molecular weight is 453 g/mol. The molecule has 28 heavy (non-hydrogen) atoms. The summed E-state index contributed by atoms with van der Waals surface area (Å²) >= 11 is 3.68. The molecule has 0 radical (unpaired) electrons. The van der Waals surface area contributed by atoms with E-state index in [1.54, 1.807) is 0 Å². The molecule has 7 nitrogen and oxygen atoms in total. The van der Waals surface area contributed by atoms with Gasteiger partial charge in [-0.3, -0.25) is 0 Å². The van der Waals surface area contributed by atoms with E-state index in [1.165, 1.54) is 37.0 Å². The second-order valence-corrected chi connectivity index (χ2v) is 7.35. The summed E-state index contributed by atoms with van der Waals surface area (Å²) in [4.78, 5) is 23.1. The van der Waals surface area contributed by atoms with E-state index < -0.39 is 11.9 Å². The summed E-state index contributed by atoms with van der Waals surface area (Å²) in [6.45, 7) is 6.60. The Morgan fingerprint density at radius 3 is 2.32 bits per heavy atom. The number of likely N-dealkylation sites (N-methyl/N-ethyl adjacent to an activating group) is 1. The molecule has 2 N–H and O–H groups in total. The van der Waals surface area contributed by atoms with E-state index in [0.29, 0.717) is 0 Å². The Morgan fingerprint density at radius 1 is 1.04 bits per heavy atom. The van der Waals surface area contributed by atoms with Crippen molar-refractivity contribution in [3.05, 3.63) is 40.9 Å². The number of ether oxygens (including phenoxy) is 1. The number of aliphatic carboxylic acids is 2. The van der Waals surface area contributed by atoms with Crippen molar-refractivity contribution in [2.24, 2.45) is 0 Å². The van der Waals surface area contributed by atoms with E-state index in [1.807, 2.05) is 0 Å². The highest BCUT2D eigenvalue weighted by atomic mass is 79.9. The Bertz CT molecular complexity index is 794. The average Bonchev–Trinajstić information content (AvgIpc) is 2.69. The van der Waals surface area contributed by atoms with E-state index in [0.717, 1.165) is 29.8 Å². The third kappa shape index (κ3) is 6.78. The van der Waals surface area contributed by atoms with E-state index in [4.69, 9.17) is 24.5 Å². The third-order valence-electron chi connectivity index (χ3n) is 4.48. The minimum Gasteiger partial charge on any atom is -0.492 e. The monoisotopic (exact) mass is 452 g/mol. The molecule has 2 aromatic rings. The van der Waals surface area contributed by atoms with Gasteiger partial charge in [-0.05, 0) is 46.2 Å². The molecule has 3 rings (SSSR count). The second kappa shape index (κ2) is 11.0. The van der Waals surface area contributed by atoms with Crippen LogP contribution in [0.15, 0.2) is 40.9 Å². The van der Waals surface area contributed by atoms with Gasteiger partial charge >= 0.3 is 11.9 Å². The minimum atomic E-state index is -1.82. The number of fused-ring (bicyclic) bond motifs is 1. The molecule has 0 aromatic heterocycles. The zero-order valence-electron chi connectivity index (χ0n) is 15.8. The standard InChI is InChI=1S/C18H23BrN2O.C2H2O4/c1-20-10-12-21(13-11-20)9-4-14-22-17-8-7-15-5-2-3-6-16(15)18(17)19;3-1(4)2(5)6/h2-3,5-8H,4,9-14H2,1H3;(H,3,4)(H,5,6). The van der Waals surface area contributed by atoms with Crippen LogP contribution in [-0.2, 0) is 9.59 Å². The lowest BCUT2D eigenvalue weighted by molar-refractivity contribution is -0.159. The molecule has 0 bridgehead atoms. The maximum Gasteiger partial charge on any atom is 0.414 e. The van der Waals surface area contributed by atoms with Gasteiger partial charge in [-0.25, -0.2) is 9.59 Å². The molecule has 0 saturated carbocycles. The highest BCUT2D eigenvalue weighted by Gasteiger charge is 2.13. The number of carbonyl (C=O) groups is 2. The first-order valence-corrected chi connectivity index (χ1v) is 9.85. The molecule has 1 saturated heterocycles. The van der Waals surface area contributed by atoms with Gasteiger partial charge in [-0.2, -0.15) is 0 Å². The van der Waals surface area contributed by atoms with Crippen LogP contribution in [-0.4, -0.2) is 78.3 Å². The van der Waals surface area contributed by atoms with Crippen LogP contribution in [0.25, 0.3) is 10.8 Å². The molecule has 0 amide bonds. The molecular weight excluding hydrogens is 428 g/mol. The van der Waals surface area contributed by atoms with Gasteiger partial charge in [0.2, 0.25) is 0 Å². The lowest BCUT2D eigenvalue weighted by Crippen LogP contribution is -2.44. The quantitative estimate of drug-likeness (QED) is 0.532. The summed E-state index contributed by atoms with van der Waals surface area (Å²) in [5.74, 6) is -2.71. The number of benzene rings is 2. The number of rotatable bonds is 5. The van der Waals surface area contributed by atoms with E-state index in [9.17, 15) is 0 Å². The van der Waals surface area contributed by atoms with Crippen LogP contribution in [0.3, 0.4) is 0 Å². The fourth-order valence-corrected chi connectivity index (χ4v) is 3.47. The van der Waals surface area contributed by atoms with Crippen molar-refractivity contribution in [1.82, 2.24) is 9.80 Å².